The Hall–Kier alpha value is -1.22. The van der Waals surface area contributed by atoms with Gasteiger partial charge >= 0.3 is 0 Å². The van der Waals surface area contributed by atoms with Gasteiger partial charge in [-0.15, -0.1) is 0 Å². The maximum atomic E-state index is 5.92. The third kappa shape index (κ3) is 3.91. The van der Waals surface area contributed by atoms with E-state index in [1.807, 2.05) is 0 Å². The van der Waals surface area contributed by atoms with E-state index in [-0.39, 0.29) is 0 Å². The number of ether oxygens (including phenoxy) is 1. The molecule has 1 atom stereocenters. The third-order valence-corrected chi connectivity index (χ3v) is 4.49. The van der Waals surface area contributed by atoms with Gasteiger partial charge in [0.15, 0.2) is 0 Å². The maximum absolute atomic E-state index is 5.92. The van der Waals surface area contributed by atoms with E-state index in [0.717, 1.165) is 44.0 Å². The van der Waals surface area contributed by atoms with Crippen molar-refractivity contribution in [1.29, 1.82) is 0 Å². The van der Waals surface area contributed by atoms with Gasteiger partial charge in [0, 0.05) is 25.7 Å². The van der Waals surface area contributed by atoms with Crippen molar-refractivity contribution >= 4 is 5.69 Å². The van der Waals surface area contributed by atoms with Crippen molar-refractivity contribution in [2.45, 2.75) is 52.1 Å². The second-order valence-corrected chi connectivity index (χ2v) is 6.58. The second-order valence-electron chi connectivity index (χ2n) is 6.58. The summed E-state index contributed by atoms with van der Waals surface area (Å²) in [6.07, 6.45) is 5.31. The largest absolute Gasteiger partial charge is 0.492 e. The molecule has 21 heavy (non-hydrogen) atoms. The first kappa shape index (κ1) is 14.7. The molecule has 1 N–H and O–H groups in total. The van der Waals surface area contributed by atoms with Crippen LogP contribution in [0.15, 0.2) is 18.2 Å². The van der Waals surface area contributed by atoms with Crippen molar-refractivity contribution in [3.63, 3.8) is 0 Å². The highest BCUT2D eigenvalue weighted by Gasteiger charge is 2.21. The lowest BCUT2D eigenvalue weighted by Gasteiger charge is -2.34. The fourth-order valence-corrected chi connectivity index (χ4v) is 3.16. The molecular weight excluding hydrogens is 260 g/mol. The van der Waals surface area contributed by atoms with Crippen molar-refractivity contribution in [1.82, 2.24) is 5.32 Å². The summed E-state index contributed by atoms with van der Waals surface area (Å²) in [6.45, 7) is 8.42. The first-order valence-corrected chi connectivity index (χ1v) is 8.50. The lowest BCUT2D eigenvalue weighted by molar-refractivity contribution is 0.337. The smallest absolute Gasteiger partial charge is 0.142 e. The number of nitrogens with zero attached hydrogens (tertiary/aromatic N) is 1. The van der Waals surface area contributed by atoms with E-state index in [2.05, 4.69) is 42.3 Å². The Balaban J connectivity index is 1.74. The topological polar surface area (TPSA) is 24.5 Å². The van der Waals surface area contributed by atoms with E-state index in [1.165, 1.54) is 36.9 Å². The van der Waals surface area contributed by atoms with Crippen LogP contribution in [0.2, 0.25) is 0 Å². The standard InChI is InChI=1S/C18H28N2O/c1-3-21-18-11-15(12-19-16-7-8-16)6-9-17(18)20-10-4-5-14(2)13-20/h6,9,11,14,16,19H,3-5,7-8,10,12-13H2,1-2H3. The summed E-state index contributed by atoms with van der Waals surface area (Å²) in [5, 5.41) is 3.58. The van der Waals surface area contributed by atoms with Gasteiger partial charge in [-0.05, 0) is 56.2 Å². The number of piperidine rings is 1. The molecule has 0 aromatic heterocycles. The van der Waals surface area contributed by atoms with Gasteiger partial charge < -0.3 is 15.0 Å². The molecule has 1 saturated carbocycles. The summed E-state index contributed by atoms with van der Waals surface area (Å²) >= 11 is 0. The van der Waals surface area contributed by atoms with Crippen LogP contribution >= 0.6 is 0 Å². The van der Waals surface area contributed by atoms with Crippen LogP contribution in [0.25, 0.3) is 0 Å². The van der Waals surface area contributed by atoms with Crippen molar-refractivity contribution < 1.29 is 4.74 Å². The lowest BCUT2D eigenvalue weighted by atomic mass is 9.99. The van der Waals surface area contributed by atoms with Gasteiger partial charge in [0.1, 0.15) is 5.75 Å². The number of anilines is 1. The van der Waals surface area contributed by atoms with Crippen LogP contribution in [-0.2, 0) is 6.54 Å². The molecule has 1 aliphatic carbocycles. The van der Waals surface area contributed by atoms with E-state index < -0.39 is 0 Å². The Morgan fingerprint density at radius 3 is 2.86 bits per heavy atom. The number of hydrogen-bond acceptors (Lipinski definition) is 3. The van der Waals surface area contributed by atoms with Crippen LogP contribution in [0.5, 0.6) is 5.75 Å². The fraction of sp³-hybridized carbons (Fsp3) is 0.667. The summed E-state index contributed by atoms with van der Waals surface area (Å²) in [4.78, 5) is 2.50. The summed E-state index contributed by atoms with van der Waals surface area (Å²) < 4.78 is 5.92. The molecule has 1 unspecified atom stereocenters. The van der Waals surface area contributed by atoms with Gasteiger partial charge in [-0.3, -0.25) is 0 Å². The minimum Gasteiger partial charge on any atom is -0.492 e. The number of nitrogens with one attached hydrogen (secondary N) is 1. The Labute approximate surface area is 128 Å². The molecule has 3 nitrogen and oxygen atoms in total. The lowest BCUT2D eigenvalue weighted by Crippen LogP contribution is -2.34. The molecule has 116 valence electrons. The monoisotopic (exact) mass is 288 g/mol. The average molecular weight is 288 g/mol. The zero-order chi connectivity index (χ0) is 14.7. The van der Waals surface area contributed by atoms with Crippen molar-refractivity contribution in [2.75, 3.05) is 24.6 Å². The van der Waals surface area contributed by atoms with Gasteiger partial charge in [-0.2, -0.15) is 0 Å². The quantitative estimate of drug-likeness (QED) is 0.866. The molecule has 0 amide bonds. The van der Waals surface area contributed by atoms with Crippen molar-refractivity contribution in [3.05, 3.63) is 23.8 Å². The van der Waals surface area contributed by atoms with Gasteiger partial charge in [0.05, 0.1) is 12.3 Å². The minimum atomic E-state index is 0.732. The molecule has 2 aliphatic rings. The van der Waals surface area contributed by atoms with Crippen LogP contribution < -0.4 is 15.0 Å². The van der Waals surface area contributed by atoms with Gasteiger partial charge in [0.25, 0.3) is 0 Å². The predicted molar refractivity (Wildman–Crippen MR) is 88.1 cm³/mol. The van der Waals surface area contributed by atoms with Gasteiger partial charge in [0.2, 0.25) is 0 Å². The molecule has 1 aromatic rings. The molecule has 2 fully saturated rings. The molecular formula is C18H28N2O. The van der Waals surface area contributed by atoms with Gasteiger partial charge in [-0.25, -0.2) is 0 Å². The number of hydrogen-bond donors (Lipinski definition) is 1. The maximum Gasteiger partial charge on any atom is 0.142 e. The molecule has 1 saturated heterocycles. The van der Waals surface area contributed by atoms with Crippen LogP contribution in [0.3, 0.4) is 0 Å². The summed E-state index contributed by atoms with van der Waals surface area (Å²) in [6, 6.07) is 7.50. The second kappa shape index (κ2) is 6.69. The Kier molecular flexibility index (Phi) is 4.69. The summed E-state index contributed by atoms with van der Waals surface area (Å²) in [5.41, 5.74) is 2.61. The van der Waals surface area contributed by atoms with E-state index in [4.69, 9.17) is 4.74 Å². The van der Waals surface area contributed by atoms with E-state index >= 15 is 0 Å². The highest BCUT2D eigenvalue weighted by molar-refractivity contribution is 5.60. The Morgan fingerprint density at radius 1 is 1.29 bits per heavy atom. The van der Waals surface area contributed by atoms with Crippen LogP contribution in [0.4, 0.5) is 5.69 Å². The first-order valence-electron chi connectivity index (χ1n) is 8.50. The minimum absolute atomic E-state index is 0.732. The predicted octanol–water partition coefficient (Wildman–Crippen LogP) is 3.57. The molecule has 0 bridgehead atoms. The third-order valence-electron chi connectivity index (χ3n) is 4.49. The molecule has 0 spiro atoms. The van der Waals surface area contributed by atoms with E-state index in [9.17, 15) is 0 Å². The number of benzene rings is 1. The van der Waals surface area contributed by atoms with E-state index in [0.29, 0.717) is 0 Å². The molecule has 3 rings (SSSR count). The zero-order valence-corrected chi connectivity index (χ0v) is 13.4. The first-order chi connectivity index (χ1) is 10.3. The Bertz CT molecular complexity index is 470. The summed E-state index contributed by atoms with van der Waals surface area (Å²) in [7, 11) is 0. The van der Waals surface area contributed by atoms with Crippen LogP contribution in [0.1, 0.15) is 45.1 Å². The zero-order valence-electron chi connectivity index (χ0n) is 13.4. The summed E-state index contributed by atoms with van der Waals surface area (Å²) in [5.74, 6) is 1.84. The normalized spacial score (nSPS) is 22.4. The SMILES string of the molecule is CCOc1cc(CNC2CC2)ccc1N1CCCC(C)C1. The molecule has 1 aromatic carbocycles. The molecule has 0 radical (unpaired) electrons. The molecule has 1 aliphatic heterocycles. The molecule has 1 heterocycles. The average Bonchev–Trinajstić information content (AvgIpc) is 3.30. The Morgan fingerprint density at radius 2 is 2.14 bits per heavy atom. The van der Waals surface area contributed by atoms with Gasteiger partial charge in [-0.1, -0.05) is 13.0 Å². The molecule has 3 heteroatoms. The van der Waals surface area contributed by atoms with Crippen molar-refractivity contribution in [2.24, 2.45) is 5.92 Å². The van der Waals surface area contributed by atoms with Crippen molar-refractivity contribution in [3.8, 4) is 5.75 Å². The highest BCUT2D eigenvalue weighted by atomic mass is 16.5. The number of rotatable bonds is 6. The highest BCUT2D eigenvalue weighted by Crippen LogP contribution is 2.33. The van der Waals surface area contributed by atoms with Crippen LogP contribution in [-0.4, -0.2) is 25.7 Å². The van der Waals surface area contributed by atoms with Crippen LogP contribution in [0, 0.1) is 5.92 Å². The fourth-order valence-electron chi connectivity index (χ4n) is 3.16. The van der Waals surface area contributed by atoms with E-state index in [1.54, 1.807) is 0 Å².